The van der Waals surface area contributed by atoms with Crippen LogP contribution in [0.1, 0.15) is 12.8 Å². The SMILES string of the molecule is COC(=O)C1CCC=CC1OC. The zero-order valence-corrected chi connectivity index (χ0v) is 7.45. The quantitative estimate of drug-likeness (QED) is 0.460. The zero-order valence-electron chi connectivity index (χ0n) is 7.45. The number of methoxy groups -OCH3 is 2. The van der Waals surface area contributed by atoms with Gasteiger partial charge in [0, 0.05) is 7.11 Å². The van der Waals surface area contributed by atoms with Gasteiger partial charge in [0.2, 0.25) is 0 Å². The van der Waals surface area contributed by atoms with Crippen molar-refractivity contribution in [1.29, 1.82) is 0 Å². The Kier molecular flexibility index (Phi) is 3.29. The van der Waals surface area contributed by atoms with Crippen LogP contribution in [0.15, 0.2) is 12.2 Å². The fourth-order valence-electron chi connectivity index (χ4n) is 1.45. The highest BCUT2D eigenvalue weighted by atomic mass is 16.5. The third-order valence-corrected chi connectivity index (χ3v) is 2.14. The van der Waals surface area contributed by atoms with Crippen LogP contribution in [-0.2, 0) is 14.3 Å². The molecule has 1 aliphatic carbocycles. The van der Waals surface area contributed by atoms with Gasteiger partial charge in [-0.3, -0.25) is 4.79 Å². The number of carbonyl (C=O) groups is 1. The molecule has 3 nitrogen and oxygen atoms in total. The maximum absolute atomic E-state index is 11.2. The Morgan fingerprint density at radius 2 is 2.25 bits per heavy atom. The summed E-state index contributed by atoms with van der Waals surface area (Å²) in [6.45, 7) is 0. The van der Waals surface area contributed by atoms with Gasteiger partial charge in [-0.15, -0.1) is 0 Å². The molecule has 1 rings (SSSR count). The van der Waals surface area contributed by atoms with Crippen molar-refractivity contribution in [2.45, 2.75) is 18.9 Å². The zero-order chi connectivity index (χ0) is 8.97. The summed E-state index contributed by atoms with van der Waals surface area (Å²) in [5, 5.41) is 0. The molecule has 0 aromatic rings. The van der Waals surface area contributed by atoms with Crippen LogP contribution in [0, 0.1) is 5.92 Å². The van der Waals surface area contributed by atoms with Crippen molar-refractivity contribution in [2.75, 3.05) is 14.2 Å². The molecule has 0 amide bonds. The van der Waals surface area contributed by atoms with Gasteiger partial charge in [0.25, 0.3) is 0 Å². The molecular formula is C9H14O3. The van der Waals surface area contributed by atoms with E-state index in [1.165, 1.54) is 7.11 Å². The first kappa shape index (κ1) is 9.26. The van der Waals surface area contributed by atoms with E-state index in [2.05, 4.69) is 4.74 Å². The van der Waals surface area contributed by atoms with Crippen LogP contribution in [-0.4, -0.2) is 26.3 Å². The summed E-state index contributed by atoms with van der Waals surface area (Å²) < 4.78 is 9.81. The largest absolute Gasteiger partial charge is 0.469 e. The Morgan fingerprint density at radius 1 is 1.50 bits per heavy atom. The van der Waals surface area contributed by atoms with Crippen LogP contribution >= 0.6 is 0 Å². The summed E-state index contributed by atoms with van der Waals surface area (Å²) in [5.74, 6) is -0.295. The van der Waals surface area contributed by atoms with Crippen molar-refractivity contribution in [2.24, 2.45) is 5.92 Å². The number of ether oxygens (including phenoxy) is 2. The van der Waals surface area contributed by atoms with E-state index in [0.29, 0.717) is 0 Å². The fourth-order valence-corrected chi connectivity index (χ4v) is 1.45. The second-order valence-corrected chi connectivity index (χ2v) is 2.84. The van der Waals surface area contributed by atoms with Crippen molar-refractivity contribution < 1.29 is 14.3 Å². The van der Waals surface area contributed by atoms with Crippen LogP contribution < -0.4 is 0 Å². The van der Waals surface area contributed by atoms with Crippen LogP contribution in [0.5, 0.6) is 0 Å². The first-order valence-electron chi connectivity index (χ1n) is 4.07. The van der Waals surface area contributed by atoms with Crippen molar-refractivity contribution in [3.63, 3.8) is 0 Å². The second kappa shape index (κ2) is 4.26. The van der Waals surface area contributed by atoms with E-state index in [1.807, 2.05) is 12.2 Å². The number of esters is 1. The molecule has 0 spiro atoms. The van der Waals surface area contributed by atoms with Crippen molar-refractivity contribution in [3.8, 4) is 0 Å². The molecule has 2 unspecified atom stereocenters. The van der Waals surface area contributed by atoms with Crippen molar-refractivity contribution in [1.82, 2.24) is 0 Å². The molecular weight excluding hydrogens is 156 g/mol. The Hall–Kier alpha value is -0.830. The molecule has 0 aliphatic heterocycles. The normalized spacial score (nSPS) is 28.5. The highest BCUT2D eigenvalue weighted by Gasteiger charge is 2.28. The van der Waals surface area contributed by atoms with Gasteiger partial charge in [-0.2, -0.15) is 0 Å². The topological polar surface area (TPSA) is 35.5 Å². The highest BCUT2D eigenvalue weighted by Crippen LogP contribution is 2.21. The van der Waals surface area contributed by atoms with Gasteiger partial charge in [0.05, 0.1) is 19.1 Å². The van der Waals surface area contributed by atoms with Crippen molar-refractivity contribution in [3.05, 3.63) is 12.2 Å². The van der Waals surface area contributed by atoms with Gasteiger partial charge >= 0.3 is 5.97 Å². The third kappa shape index (κ3) is 1.85. The predicted octanol–water partition coefficient (Wildman–Crippen LogP) is 1.14. The van der Waals surface area contributed by atoms with E-state index in [4.69, 9.17) is 4.74 Å². The lowest BCUT2D eigenvalue weighted by molar-refractivity contribution is -0.149. The standard InChI is InChI=1S/C9H14O3/c1-11-8-6-4-3-5-7(8)9(10)12-2/h4,6-8H,3,5H2,1-2H3. The van der Waals surface area contributed by atoms with Crippen LogP contribution in [0.4, 0.5) is 0 Å². The molecule has 0 fully saturated rings. The van der Waals surface area contributed by atoms with Gasteiger partial charge in [-0.1, -0.05) is 12.2 Å². The molecule has 3 heteroatoms. The summed E-state index contributed by atoms with van der Waals surface area (Å²) in [7, 11) is 3.02. The number of carbonyl (C=O) groups excluding carboxylic acids is 1. The van der Waals surface area contributed by atoms with Gasteiger partial charge in [-0.25, -0.2) is 0 Å². The van der Waals surface area contributed by atoms with E-state index >= 15 is 0 Å². The van der Waals surface area contributed by atoms with Crippen molar-refractivity contribution >= 4 is 5.97 Å². The smallest absolute Gasteiger partial charge is 0.311 e. The maximum atomic E-state index is 11.2. The Labute approximate surface area is 72.4 Å². The van der Waals surface area contributed by atoms with Crippen LogP contribution in [0.2, 0.25) is 0 Å². The average Bonchev–Trinajstić information content (AvgIpc) is 2.16. The molecule has 0 heterocycles. The molecule has 0 aromatic carbocycles. The van der Waals surface area contributed by atoms with Gasteiger partial charge < -0.3 is 9.47 Å². The summed E-state index contributed by atoms with van der Waals surface area (Å²) in [6.07, 6.45) is 5.60. The Bertz CT molecular complexity index is 186. The maximum Gasteiger partial charge on any atom is 0.311 e. The molecule has 0 bridgehead atoms. The molecule has 68 valence electrons. The Morgan fingerprint density at radius 3 is 2.83 bits per heavy atom. The fraction of sp³-hybridized carbons (Fsp3) is 0.667. The first-order valence-corrected chi connectivity index (χ1v) is 4.07. The second-order valence-electron chi connectivity index (χ2n) is 2.84. The van der Waals surface area contributed by atoms with E-state index in [1.54, 1.807) is 7.11 Å². The average molecular weight is 170 g/mol. The van der Waals surface area contributed by atoms with Crippen LogP contribution in [0.25, 0.3) is 0 Å². The van der Waals surface area contributed by atoms with E-state index in [9.17, 15) is 4.79 Å². The predicted molar refractivity (Wildman–Crippen MR) is 44.7 cm³/mol. The third-order valence-electron chi connectivity index (χ3n) is 2.14. The molecule has 0 saturated heterocycles. The van der Waals surface area contributed by atoms with E-state index in [0.717, 1.165) is 12.8 Å². The lowest BCUT2D eigenvalue weighted by Gasteiger charge is -2.23. The summed E-state index contributed by atoms with van der Waals surface area (Å²) in [5.41, 5.74) is 0. The lowest BCUT2D eigenvalue weighted by Crippen LogP contribution is -2.31. The summed E-state index contributed by atoms with van der Waals surface area (Å²) >= 11 is 0. The number of rotatable bonds is 2. The van der Waals surface area contributed by atoms with Gasteiger partial charge in [-0.05, 0) is 12.8 Å². The summed E-state index contributed by atoms with van der Waals surface area (Å²) in [4.78, 5) is 11.2. The van der Waals surface area contributed by atoms with Crippen LogP contribution in [0.3, 0.4) is 0 Å². The van der Waals surface area contributed by atoms with Gasteiger partial charge in [0.1, 0.15) is 0 Å². The monoisotopic (exact) mass is 170 g/mol. The number of hydrogen-bond donors (Lipinski definition) is 0. The van der Waals surface area contributed by atoms with E-state index in [-0.39, 0.29) is 18.0 Å². The first-order chi connectivity index (χ1) is 5.79. The highest BCUT2D eigenvalue weighted by molar-refractivity contribution is 5.73. The molecule has 0 N–H and O–H groups in total. The summed E-state index contributed by atoms with van der Waals surface area (Å²) in [6, 6.07) is 0. The minimum Gasteiger partial charge on any atom is -0.469 e. The Balaban J connectivity index is 2.62. The molecule has 2 atom stereocenters. The van der Waals surface area contributed by atoms with Gasteiger partial charge in [0.15, 0.2) is 0 Å². The van der Waals surface area contributed by atoms with E-state index < -0.39 is 0 Å². The lowest BCUT2D eigenvalue weighted by atomic mass is 9.92. The minimum atomic E-state index is -0.175. The molecule has 1 aliphatic rings. The number of allylic oxidation sites excluding steroid dienone is 1. The molecule has 12 heavy (non-hydrogen) atoms. The number of hydrogen-bond acceptors (Lipinski definition) is 3. The molecule has 0 radical (unpaired) electrons. The minimum absolute atomic E-state index is 0.105. The molecule has 0 aromatic heterocycles. The molecule has 0 saturated carbocycles.